The van der Waals surface area contributed by atoms with Crippen molar-refractivity contribution in [2.24, 2.45) is 0 Å². The van der Waals surface area contributed by atoms with E-state index in [0.717, 1.165) is 15.3 Å². The SMILES string of the molecule is CCn1c(SCC(=O)Nc2cc(OC)cc(OC)c2)nc2sc(C)c(C)c2c1=O. The number of methoxy groups -OCH3 is 2. The number of anilines is 1. The summed E-state index contributed by atoms with van der Waals surface area (Å²) < 4.78 is 12.1. The highest BCUT2D eigenvalue weighted by atomic mass is 32.2. The van der Waals surface area contributed by atoms with Crippen LogP contribution in [0.2, 0.25) is 0 Å². The van der Waals surface area contributed by atoms with Crippen molar-refractivity contribution >= 4 is 44.9 Å². The molecule has 3 aromatic rings. The van der Waals surface area contributed by atoms with E-state index in [1.165, 1.54) is 23.1 Å². The molecule has 1 aromatic carbocycles. The number of amides is 1. The van der Waals surface area contributed by atoms with Gasteiger partial charge in [0.25, 0.3) is 5.56 Å². The normalized spacial score (nSPS) is 10.9. The van der Waals surface area contributed by atoms with Gasteiger partial charge in [-0.15, -0.1) is 11.3 Å². The first kappa shape index (κ1) is 21.2. The van der Waals surface area contributed by atoms with Crippen molar-refractivity contribution in [1.29, 1.82) is 0 Å². The average Bonchev–Trinajstić information content (AvgIpc) is 2.99. The molecule has 0 atom stereocenters. The van der Waals surface area contributed by atoms with Crippen molar-refractivity contribution in [3.8, 4) is 11.5 Å². The average molecular weight is 434 g/mol. The maximum atomic E-state index is 12.9. The molecular weight excluding hydrogens is 410 g/mol. The fourth-order valence-electron chi connectivity index (χ4n) is 2.90. The molecule has 154 valence electrons. The zero-order valence-corrected chi connectivity index (χ0v) is 18.6. The summed E-state index contributed by atoms with van der Waals surface area (Å²) in [5, 5.41) is 4.05. The van der Waals surface area contributed by atoms with E-state index >= 15 is 0 Å². The number of carbonyl (C=O) groups excluding carboxylic acids is 1. The molecule has 0 unspecified atom stereocenters. The van der Waals surface area contributed by atoms with Crippen LogP contribution in [0.3, 0.4) is 0 Å². The summed E-state index contributed by atoms with van der Waals surface area (Å²) in [7, 11) is 3.10. The fourth-order valence-corrected chi connectivity index (χ4v) is 4.84. The lowest BCUT2D eigenvalue weighted by Gasteiger charge is -2.11. The quantitative estimate of drug-likeness (QED) is 0.450. The second kappa shape index (κ2) is 8.87. The number of ether oxygens (including phenoxy) is 2. The number of benzene rings is 1. The Morgan fingerprint density at radius 3 is 2.45 bits per heavy atom. The predicted molar refractivity (Wildman–Crippen MR) is 118 cm³/mol. The molecule has 0 saturated carbocycles. The Hall–Kier alpha value is -2.52. The summed E-state index contributed by atoms with van der Waals surface area (Å²) in [5.74, 6) is 1.09. The molecule has 0 fully saturated rings. The second-order valence-electron chi connectivity index (χ2n) is 6.35. The van der Waals surface area contributed by atoms with Crippen LogP contribution in [0.25, 0.3) is 10.2 Å². The van der Waals surface area contributed by atoms with Crippen molar-refractivity contribution in [3.63, 3.8) is 0 Å². The molecule has 1 N–H and O–H groups in total. The molecule has 0 saturated heterocycles. The molecule has 1 amide bonds. The Morgan fingerprint density at radius 1 is 1.21 bits per heavy atom. The number of thiophene rings is 1. The number of rotatable bonds is 7. The molecule has 7 nitrogen and oxygen atoms in total. The summed E-state index contributed by atoms with van der Waals surface area (Å²) in [4.78, 5) is 31.8. The van der Waals surface area contributed by atoms with E-state index in [9.17, 15) is 9.59 Å². The van der Waals surface area contributed by atoms with E-state index in [1.807, 2.05) is 20.8 Å². The highest BCUT2D eigenvalue weighted by Crippen LogP contribution is 2.29. The van der Waals surface area contributed by atoms with E-state index in [1.54, 1.807) is 37.0 Å². The summed E-state index contributed by atoms with van der Waals surface area (Å²) in [5.41, 5.74) is 1.50. The summed E-state index contributed by atoms with van der Waals surface area (Å²) in [6.45, 7) is 6.32. The lowest BCUT2D eigenvalue weighted by atomic mass is 10.2. The molecule has 2 aromatic heterocycles. The fraction of sp³-hybridized carbons (Fsp3) is 0.350. The van der Waals surface area contributed by atoms with Gasteiger partial charge in [0.15, 0.2) is 5.16 Å². The summed E-state index contributed by atoms with van der Waals surface area (Å²) in [6.07, 6.45) is 0. The highest BCUT2D eigenvalue weighted by Gasteiger charge is 2.17. The molecule has 0 aliphatic rings. The number of hydrogen-bond donors (Lipinski definition) is 1. The minimum absolute atomic E-state index is 0.0557. The van der Waals surface area contributed by atoms with Crippen molar-refractivity contribution in [2.75, 3.05) is 25.3 Å². The Balaban J connectivity index is 1.80. The van der Waals surface area contributed by atoms with Gasteiger partial charge in [-0.1, -0.05) is 11.8 Å². The monoisotopic (exact) mass is 433 g/mol. The Labute approximate surface area is 177 Å². The van der Waals surface area contributed by atoms with Gasteiger partial charge in [0.2, 0.25) is 5.91 Å². The van der Waals surface area contributed by atoms with Gasteiger partial charge in [-0.05, 0) is 26.3 Å². The second-order valence-corrected chi connectivity index (χ2v) is 8.49. The smallest absolute Gasteiger partial charge is 0.263 e. The van der Waals surface area contributed by atoms with Gasteiger partial charge < -0.3 is 14.8 Å². The number of thioether (sulfide) groups is 1. The Kier molecular flexibility index (Phi) is 6.49. The highest BCUT2D eigenvalue weighted by molar-refractivity contribution is 7.99. The maximum Gasteiger partial charge on any atom is 0.263 e. The molecule has 29 heavy (non-hydrogen) atoms. The standard InChI is InChI=1S/C20H23N3O4S2/c1-6-23-19(25)17-11(2)12(3)29-18(17)22-20(23)28-10-16(24)21-13-7-14(26-4)9-15(8-13)27-5/h7-9H,6,10H2,1-5H3,(H,21,24). The van der Waals surface area contributed by atoms with E-state index < -0.39 is 0 Å². The van der Waals surface area contributed by atoms with Crippen molar-refractivity contribution in [3.05, 3.63) is 39.0 Å². The number of aryl methyl sites for hydroxylation is 2. The molecule has 2 heterocycles. The van der Waals surface area contributed by atoms with E-state index in [2.05, 4.69) is 10.3 Å². The van der Waals surface area contributed by atoms with Crippen molar-refractivity contribution in [2.45, 2.75) is 32.5 Å². The van der Waals surface area contributed by atoms with Gasteiger partial charge in [-0.2, -0.15) is 0 Å². The zero-order chi connectivity index (χ0) is 21.1. The molecule has 0 bridgehead atoms. The summed E-state index contributed by atoms with van der Waals surface area (Å²) >= 11 is 2.75. The van der Waals surface area contributed by atoms with Crippen molar-refractivity contribution in [1.82, 2.24) is 9.55 Å². The van der Waals surface area contributed by atoms with Gasteiger partial charge in [-0.3, -0.25) is 14.2 Å². The van der Waals surface area contributed by atoms with E-state index in [-0.39, 0.29) is 17.2 Å². The van der Waals surface area contributed by atoms with Crippen LogP contribution < -0.4 is 20.3 Å². The topological polar surface area (TPSA) is 82.5 Å². The maximum absolute atomic E-state index is 12.9. The first-order chi connectivity index (χ1) is 13.9. The predicted octanol–water partition coefficient (Wildman–Crippen LogP) is 3.84. The number of nitrogens with one attached hydrogen (secondary N) is 1. The minimum atomic E-state index is -0.208. The number of fused-ring (bicyclic) bond motifs is 1. The number of aromatic nitrogens is 2. The van der Waals surface area contributed by atoms with Crippen LogP contribution in [0.1, 0.15) is 17.4 Å². The van der Waals surface area contributed by atoms with Gasteiger partial charge in [0.1, 0.15) is 16.3 Å². The van der Waals surface area contributed by atoms with Gasteiger partial charge in [0.05, 0.1) is 25.4 Å². The number of hydrogen-bond acceptors (Lipinski definition) is 7. The molecule has 0 radical (unpaired) electrons. The zero-order valence-electron chi connectivity index (χ0n) is 17.0. The third-order valence-corrected chi connectivity index (χ3v) is 6.62. The first-order valence-electron chi connectivity index (χ1n) is 9.04. The van der Waals surface area contributed by atoms with E-state index in [4.69, 9.17) is 9.47 Å². The van der Waals surface area contributed by atoms with Crippen LogP contribution in [-0.4, -0.2) is 35.4 Å². The molecule has 0 aliphatic heterocycles. The van der Waals surface area contributed by atoms with Crippen LogP contribution in [0, 0.1) is 13.8 Å². The van der Waals surface area contributed by atoms with Crippen LogP contribution >= 0.6 is 23.1 Å². The number of nitrogens with zero attached hydrogens (tertiary/aromatic N) is 2. The third-order valence-electron chi connectivity index (χ3n) is 4.54. The number of carbonyl (C=O) groups is 1. The van der Waals surface area contributed by atoms with Crippen LogP contribution in [0.4, 0.5) is 5.69 Å². The van der Waals surface area contributed by atoms with Gasteiger partial charge >= 0.3 is 0 Å². The molecule has 3 rings (SSSR count). The van der Waals surface area contributed by atoms with Crippen LogP contribution in [0.15, 0.2) is 28.2 Å². The summed E-state index contributed by atoms with van der Waals surface area (Å²) in [6, 6.07) is 5.16. The lowest BCUT2D eigenvalue weighted by molar-refractivity contribution is -0.113. The first-order valence-corrected chi connectivity index (χ1v) is 10.8. The Bertz CT molecular complexity index is 1100. The third kappa shape index (κ3) is 4.40. The van der Waals surface area contributed by atoms with Gasteiger partial charge in [-0.25, -0.2) is 4.98 Å². The minimum Gasteiger partial charge on any atom is -0.497 e. The van der Waals surface area contributed by atoms with Crippen LogP contribution in [-0.2, 0) is 11.3 Å². The van der Waals surface area contributed by atoms with Crippen LogP contribution in [0.5, 0.6) is 11.5 Å². The molecule has 0 spiro atoms. The van der Waals surface area contributed by atoms with E-state index in [0.29, 0.717) is 34.3 Å². The molecule has 9 heteroatoms. The molecular formula is C20H23N3O4S2. The van der Waals surface area contributed by atoms with Gasteiger partial charge in [0, 0.05) is 35.3 Å². The molecule has 0 aliphatic carbocycles. The van der Waals surface area contributed by atoms with Crippen molar-refractivity contribution < 1.29 is 14.3 Å². The lowest BCUT2D eigenvalue weighted by Crippen LogP contribution is -2.23. The Morgan fingerprint density at radius 2 is 1.86 bits per heavy atom. The largest absolute Gasteiger partial charge is 0.497 e.